The molecule has 3 atom stereocenters. The molecule has 2 aromatic rings. The average molecular weight is 481 g/mol. The van der Waals surface area contributed by atoms with E-state index in [4.69, 9.17) is 9.47 Å². The zero-order valence-corrected chi connectivity index (χ0v) is 20.2. The lowest BCUT2D eigenvalue weighted by molar-refractivity contribution is -0.0564. The number of benzene rings is 1. The predicted octanol–water partition coefficient (Wildman–Crippen LogP) is 6.52. The van der Waals surface area contributed by atoms with Crippen LogP contribution in [0.2, 0.25) is 0 Å². The van der Waals surface area contributed by atoms with Crippen molar-refractivity contribution in [3.05, 3.63) is 52.2 Å². The van der Waals surface area contributed by atoms with E-state index in [2.05, 4.69) is 0 Å². The Morgan fingerprint density at radius 3 is 2.64 bits per heavy atom. The molecule has 1 saturated carbocycles. The molecule has 0 aliphatic heterocycles. The number of carbonyl (C=O) groups is 1. The van der Waals surface area contributed by atoms with Gasteiger partial charge in [-0.15, -0.1) is 11.3 Å². The van der Waals surface area contributed by atoms with Gasteiger partial charge in [0.2, 0.25) is 0 Å². The maximum Gasteiger partial charge on any atom is 0.348 e. The van der Waals surface area contributed by atoms with Gasteiger partial charge in [-0.1, -0.05) is 18.2 Å². The number of carbonyl (C=O) groups excluding carboxylic acids is 1. The number of hydrogen-bond donors (Lipinski definition) is 1. The van der Waals surface area contributed by atoms with Crippen LogP contribution in [0.5, 0.6) is 5.75 Å². The van der Waals surface area contributed by atoms with Crippen molar-refractivity contribution in [3.8, 4) is 5.75 Å². The molecule has 1 aliphatic carbocycles. The van der Waals surface area contributed by atoms with Gasteiger partial charge < -0.3 is 14.6 Å². The summed E-state index contributed by atoms with van der Waals surface area (Å²) in [5, 5.41) is 10.4. The average Bonchev–Trinajstić information content (AvgIpc) is 3.38. The summed E-state index contributed by atoms with van der Waals surface area (Å²) in [7, 11) is 0. The summed E-state index contributed by atoms with van der Waals surface area (Å²) in [4.78, 5) is 13.7. The van der Waals surface area contributed by atoms with Crippen molar-refractivity contribution in [1.82, 2.24) is 0 Å². The highest BCUT2D eigenvalue weighted by Crippen LogP contribution is 2.40. The van der Waals surface area contributed by atoms with E-state index in [1.165, 1.54) is 11.3 Å². The van der Waals surface area contributed by atoms with Gasteiger partial charge in [-0.25, -0.2) is 13.6 Å². The summed E-state index contributed by atoms with van der Waals surface area (Å²) in [6, 6.07) is 12.4. The maximum atomic E-state index is 14.4. The smallest absolute Gasteiger partial charge is 0.348 e. The minimum atomic E-state index is -2.93. The molecule has 182 valence electrons. The highest BCUT2D eigenvalue weighted by molar-refractivity contribution is 7.13. The minimum Gasteiger partial charge on any atom is -0.487 e. The van der Waals surface area contributed by atoms with Crippen LogP contribution in [0.15, 0.2) is 42.5 Å². The van der Waals surface area contributed by atoms with Gasteiger partial charge in [0.15, 0.2) is 6.61 Å². The molecule has 0 unspecified atom stereocenters. The van der Waals surface area contributed by atoms with E-state index < -0.39 is 18.6 Å². The molecule has 3 rings (SSSR count). The number of alkyl halides is 2. The summed E-state index contributed by atoms with van der Waals surface area (Å²) in [6.45, 7) is 3.00. The standard InChI is InChI=1S/C26H34F2O4S/c1-18(2)32-25(30)24-14-12-21(33-24)10-6-7-19-11-13-23(29)22(19)15-16-26(27,28)17-31-20-8-4-3-5-9-20/h3-5,8-9,12,14,18-19,22-23,29H,6-7,10-11,13,15-17H2,1-2H3/t19-,22+,23+/m0/s1. The van der Waals surface area contributed by atoms with Gasteiger partial charge in [0.05, 0.1) is 12.2 Å². The topological polar surface area (TPSA) is 55.8 Å². The zero-order valence-electron chi connectivity index (χ0n) is 19.3. The number of thiophene rings is 1. The fraction of sp³-hybridized carbons (Fsp3) is 0.577. The second-order valence-corrected chi connectivity index (χ2v) is 10.3. The Labute approximate surface area is 198 Å². The van der Waals surface area contributed by atoms with Gasteiger partial charge >= 0.3 is 5.97 Å². The molecule has 1 heterocycles. The fourth-order valence-electron chi connectivity index (χ4n) is 4.50. The van der Waals surface area contributed by atoms with Crippen LogP contribution in [0, 0.1) is 11.8 Å². The van der Waals surface area contributed by atoms with Crippen molar-refractivity contribution in [2.24, 2.45) is 11.8 Å². The molecule has 1 aromatic heterocycles. The number of esters is 1. The van der Waals surface area contributed by atoms with Crippen LogP contribution < -0.4 is 4.74 Å². The van der Waals surface area contributed by atoms with Crippen molar-refractivity contribution in [2.75, 3.05) is 6.61 Å². The minimum absolute atomic E-state index is 0.104. The third kappa shape index (κ3) is 8.07. The molecule has 1 fully saturated rings. The predicted molar refractivity (Wildman–Crippen MR) is 126 cm³/mol. The lowest BCUT2D eigenvalue weighted by Crippen LogP contribution is -2.29. The van der Waals surface area contributed by atoms with Gasteiger partial charge in [-0.2, -0.15) is 0 Å². The summed E-state index contributed by atoms with van der Waals surface area (Å²) in [5.74, 6) is -2.65. The van der Waals surface area contributed by atoms with Crippen molar-refractivity contribution in [2.45, 2.75) is 76.9 Å². The Hall–Kier alpha value is -1.99. The first-order chi connectivity index (χ1) is 15.7. The van der Waals surface area contributed by atoms with Crippen LogP contribution >= 0.6 is 11.3 Å². The molecule has 1 aliphatic rings. The summed E-state index contributed by atoms with van der Waals surface area (Å²) in [5.41, 5.74) is 0. The molecule has 0 spiro atoms. The van der Waals surface area contributed by atoms with E-state index in [1.807, 2.05) is 26.0 Å². The van der Waals surface area contributed by atoms with Crippen LogP contribution in [0.1, 0.15) is 66.9 Å². The number of para-hydroxylation sites is 1. The van der Waals surface area contributed by atoms with Gasteiger partial charge in [-0.05, 0) is 88.5 Å². The number of aliphatic hydroxyl groups excluding tert-OH is 1. The Morgan fingerprint density at radius 2 is 1.91 bits per heavy atom. The van der Waals surface area contributed by atoms with Gasteiger partial charge in [0.25, 0.3) is 5.92 Å². The number of halogens is 2. The van der Waals surface area contributed by atoms with Crippen molar-refractivity contribution < 1.29 is 28.2 Å². The highest BCUT2D eigenvalue weighted by atomic mass is 32.1. The Kier molecular flexibility index (Phi) is 9.27. The normalized spacial score (nSPS) is 20.8. The summed E-state index contributed by atoms with van der Waals surface area (Å²) < 4.78 is 39.3. The molecule has 1 N–H and O–H groups in total. The molecule has 1 aromatic carbocycles. The van der Waals surface area contributed by atoms with E-state index in [9.17, 15) is 18.7 Å². The van der Waals surface area contributed by atoms with E-state index in [-0.39, 0.29) is 30.3 Å². The number of aliphatic hydroxyl groups is 1. The Bertz CT molecular complexity index is 868. The SMILES string of the molecule is CC(C)OC(=O)c1ccc(CCC[C@H]2CC[C@@H](O)[C@@H]2CCC(F)(F)COc2ccccc2)s1. The van der Waals surface area contributed by atoms with Crippen molar-refractivity contribution in [3.63, 3.8) is 0 Å². The number of ether oxygens (including phenoxy) is 2. The first-order valence-corrected chi connectivity index (χ1v) is 12.6. The molecular formula is C26H34F2O4S. The molecule has 7 heteroatoms. The first-order valence-electron chi connectivity index (χ1n) is 11.8. The third-order valence-corrected chi connectivity index (χ3v) is 7.30. The lowest BCUT2D eigenvalue weighted by atomic mass is 9.86. The third-order valence-electron chi connectivity index (χ3n) is 6.17. The van der Waals surface area contributed by atoms with Crippen LogP contribution in [0.4, 0.5) is 8.78 Å². The van der Waals surface area contributed by atoms with E-state index in [0.29, 0.717) is 23.5 Å². The monoisotopic (exact) mass is 480 g/mol. The fourth-order valence-corrected chi connectivity index (χ4v) is 5.43. The maximum absolute atomic E-state index is 14.4. The Morgan fingerprint density at radius 1 is 1.15 bits per heavy atom. The quantitative estimate of drug-likeness (QED) is 0.352. The number of rotatable bonds is 12. The van der Waals surface area contributed by atoms with Crippen LogP contribution in [-0.4, -0.2) is 35.8 Å². The zero-order chi connectivity index (χ0) is 23.8. The molecule has 0 radical (unpaired) electrons. The van der Waals surface area contributed by atoms with E-state index in [1.54, 1.807) is 30.3 Å². The molecule has 0 bridgehead atoms. The van der Waals surface area contributed by atoms with E-state index >= 15 is 0 Å². The molecule has 4 nitrogen and oxygen atoms in total. The summed E-state index contributed by atoms with van der Waals surface area (Å²) in [6.07, 6.45) is 3.51. The molecule has 0 amide bonds. The van der Waals surface area contributed by atoms with Gasteiger partial charge in [0.1, 0.15) is 10.6 Å². The van der Waals surface area contributed by atoms with Crippen molar-refractivity contribution in [1.29, 1.82) is 0 Å². The van der Waals surface area contributed by atoms with Crippen molar-refractivity contribution >= 4 is 17.3 Å². The van der Waals surface area contributed by atoms with Crippen LogP contribution in [0.3, 0.4) is 0 Å². The van der Waals surface area contributed by atoms with E-state index in [0.717, 1.165) is 30.6 Å². The Balaban J connectivity index is 1.43. The number of hydrogen-bond acceptors (Lipinski definition) is 5. The summed E-state index contributed by atoms with van der Waals surface area (Å²) >= 11 is 1.45. The largest absolute Gasteiger partial charge is 0.487 e. The molecular weight excluding hydrogens is 446 g/mol. The molecule has 33 heavy (non-hydrogen) atoms. The highest BCUT2D eigenvalue weighted by Gasteiger charge is 2.38. The second kappa shape index (κ2) is 11.9. The number of aryl methyl sites for hydroxylation is 1. The van der Waals surface area contributed by atoms with Gasteiger partial charge in [-0.3, -0.25) is 0 Å². The molecule has 0 saturated heterocycles. The van der Waals surface area contributed by atoms with Crippen LogP contribution in [-0.2, 0) is 11.2 Å². The van der Waals surface area contributed by atoms with Crippen LogP contribution in [0.25, 0.3) is 0 Å². The lowest BCUT2D eigenvalue weighted by Gasteiger charge is -2.25. The van der Waals surface area contributed by atoms with Gasteiger partial charge in [0, 0.05) is 11.3 Å². The first kappa shape index (κ1) is 25.6. The second-order valence-electron chi connectivity index (χ2n) is 9.18.